The second kappa shape index (κ2) is 13.1. The summed E-state index contributed by atoms with van der Waals surface area (Å²) in [5.41, 5.74) is 0. The third-order valence-corrected chi connectivity index (χ3v) is 3.88. The van der Waals surface area contributed by atoms with Gasteiger partial charge in [0.1, 0.15) is 6.54 Å². The summed E-state index contributed by atoms with van der Waals surface area (Å²) in [6, 6.07) is 0. The number of nitrogens with zero attached hydrogens (tertiary/aromatic N) is 1. The van der Waals surface area contributed by atoms with E-state index in [9.17, 15) is 14.7 Å². The van der Waals surface area contributed by atoms with Crippen LogP contribution < -0.4 is 5.11 Å². The number of hydrogen-bond acceptors (Lipinski definition) is 4. The summed E-state index contributed by atoms with van der Waals surface area (Å²) in [6.07, 6.45) is 11.5. The molecule has 0 unspecified atom stereocenters. The van der Waals surface area contributed by atoms with Crippen LogP contribution in [0.3, 0.4) is 0 Å². The molecule has 0 amide bonds. The number of likely N-dealkylation sites (N-methyl/N-ethyl adjacent to an activating group) is 1. The first kappa shape index (κ1) is 21.6. The predicted molar refractivity (Wildman–Crippen MR) is 89.6 cm³/mol. The highest BCUT2D eigenvalue weighted by Crippen LogP contribution is 2.11. The maximum Gasteiger partial charge on any atom is 0.330 e. The number of carbonyl (C=O) groups excluding carboxylic acids is 2. The minimum Gasteiger partial charge on any atom is -0.544 e. The van der Waals surface area contributed by atoms with E-state index in [1.54, 1.807) is 0 Å². The van der Waals surface area contributed by atoms with Gasteiger partial charge in [-0.3, -0.25) is 0 Å². The van der Waals surface area contributed by atoms with Crippen LogP contribution in [0.2, 0.25) is 0 Å². The first-order chi connectivity index (χ1) is 10.9. The molecule has 0 bridgehead atoms. The topological polar surface area (TPSA) is 66.4 Å². The molecule has 0 aromatic rings. The Hall–Kier alpha value is -1.36. The molecule has 0 saturated carbocycles. The molecule has 0 spiro atoms. The smallest absolute Gasteiger partial charge is 0.330 e. The van der Waals surface area contributed by atoms with Crippen LogP contribution in [-0.4, -0.2) is 50.2 Å². The highest BCUT2D eigenvalue weighted by molar-refractivity contribution is 5.81. The fraction of sp³-hybridized carbons (Fsp3) is 0.778. The van der Waals surface area contributed by atoms with Crippen LogP contribution in [0.25, 0.3) is 0 Å². The highest BCUT2D eigenvalue weighted by atomic mass is 16.5. The van der Waals surface area contributed by atoms with E-state index in [0.717, 1.165) is 32.2 Å². The van der Waals surface area contributed by atoms with Crippen molar-refractivity contribution >= 4 is 11.9 Å². The average Bonchev–Trinajstić information content (AvgIpc) is 2.46. The summed E-state index contributed by atoms with van der Waals surface area (Å²) in [6.45, 7) is 4.81. The first-order valence-electron chi connectivity index (χ1n) is 8.68. The molecule has 0 heterocycles. The Morgan fingerprint density at radius 2 is 1.43 bits per heavy atom. The predicted octanol–water partition coefficient (Wildman–Crippen LogP) is 2.05. The maximum atomic E-state index is 10.8. The molecule has 5 heteroatoms. The summed E-state index contributed by atoms with van der Waals surface area (Å²) in [5.74, 6) is -1.32. The molecule has 0 aromatic carbocycles. The van der Waals surface area contributed by atoms with Crippen molar-refractivity contribution in [2.45, 2.75) is 57.8 Å². The number of esters is 1. The normalized spacial score (nSPS) is 11.2. The number of hydrogen-bond donors (Lipinski definition) is 0. The molecular formula is C18H33NO4. The number of quaternary nitrogens is 1. The Morgan fingerprint density at radius 3 is 1.91 bits per heavy atom. The van der Waals surface area contributed by atoms with Gasteiger partial charge >= 0.3 is 5.97 Å². The van der Waals surface area contributed by atoms with Crippen molar-refractivity contribution < 1.29 is 23.9 Å². The molecule has 5 nitrogen and oxygen atoms in total. The average molecular weight is 327 g/mol. The van der Waals surface area contributed by atoms with Crippen LogP contribution >= 0.6 is 0 Å². The van der Waals surface area contributed by atoms with E-state index in [2.05, 4.69) is 6.58 Å². The Balaban J connectivity index is 3.29. The Labute approximate surface area is 140 Å². The molecule has 0 fully saturated rings. The number of rotatable bonds is 15. The van der Waals surface area contributed by atoms with Crippen molar-refractivity contribution in [3.05, 3.63) is 12.7 Å². The Morgan fingerprint density at radius 1 is 0.957 bits per heavy atom. The highest BCUT2D eigenvalue weighted by Gasteiger charge is 2.14. The molecule has 23 heavy (non-hydrogen) atoms. The number of aliphatic carboxylic acids is 1. The monoisotopic (exact) mass is 327 g/mol. The molecule has 0 aromatic heterocycles. The van der Waals surface area contributed by atoms with Gasteiger partial charge in [-0.15, -0.1) is 0 Å². The Bertz CT molecular complexity index is 353. The molecule has 0 saturated heterocycles. The van der Waals surface area contributed by atoms with Crippen LogP contribution in [0.4, 0.5) is 0 Å². The zero-order valence-corrected chi connectivity index (χ0v) is 14.8. The summed E-state index contributed by atoms with van der Waals surface area (Å²) in [4.78, 5) is 21.4. The quantitative estimate of drug-likeness (QED) is 0.200. The van der Waals surface area contributed by atoms with E-state index >= 15 is 0 Å². The lowest BCUT2D eigenvalue weighted by Gasteiger charge is -2.30. The van der Waals surface area contributed by atoms with Crippen LogP contribution in [0.15, 0.2) is 12.7 Å². The van der Waals surface area contributed by atoms with E-state index in [1.807, 2.05) is 14.1 Å². The van der Waals surface area contributed by atoms with E-state index in [1.165, 1.54) is 38.2 Å². The SMILES string of the molecule is C=CC(=O)OCCCCCCCCCCC[N+](C)(C)CC(=O)[O-]. The minimum atomic E-state index is -0.978. The van der Waals surface area contributed by atoms with Gasteiger partial charge in [-0.2, -0.15) is 0 Å². The summed E-state index contributed by atoms with van der Waals surface area (Å²) in [5, 5.41) is 10.6. The molecule has 0 atom stereocenters. The second-order valence-corrected chi connectivity index (χ2v) is 6.74. The Kier molecular flexibility index (Phi) is 12.3. The van der Waals surface area contributed by atoms with Crippen molar-refractivity contribution in [1.29, 1.82) is 0 Å². The molecule has 134 valence electrons. The zero-order valence-electron chi connectivity index (χ0n) is 14.8. The molecular weight excluding hydrogens is 294 g/mol. The maximum absolute atomic E-state index is 10.8. The molecule has 0 aliphatic heterocycles. The van der Waals surface area contributed by atoms with Crippen molar-refractivity contribution in [3.63, 3.8) is 0 Å². The number of carboxylic acid groups (broad SMARTS) is 1. The van der Waals surface area contributed by atoms with Crippen molar-refractivity contribution in [2.24, 2.45) is 0 Å². The summed E-state index contributed by atoms with van der Waals surface area (Å²) in [7, 11) is 3.87. The van der Waals surface area contributed by atoms with E-state index < -0.39 is 5.97 Å². The summed E-state index contributed by atoms with van der Waals surface area (Å²) < 4.78 is 5.41. The lowest BCUT2D eigenvalue weighted by atomic mass is 10.1. The van der Waals surface area contributed by atoms with Crippen LogP contribution in [0.5, 0.6) is 0 Å². The van der Waals surface area contributed by atoms with Gasteiger partial charge in [0.15, 0.2) is 0 Å². The third kappa shape index (κ3) is 15.3. The number of ether oxygens (including phenoxy) is 1. The van der Waals surface area contributed by atoms with E-state index in [4.69, 9.17) is 4.74 Å². The van der Waals surface area contributed by atoms with Gasteiger partial charge < -0.3 is 19.1 Å². The lowest BCUT2D eigenvalue weighted by molar-refractivity contribution is -0.885. The number of carboxylic acids is 1. The van der Waals surface area contributed by atoms with Crippen molar-refractivity contribution in [3.8, 4) is 0 Å². The van der Waals surface area contributed by atoms with Crippen LogP contribution in [0.1, 0.15) is 57.8 Å². The van der Waals surface area contributed by atoms with E-state index in [0.29, 0.717) is 11.1 Å². The minimum absolute atomic E-state index is 0.0854. The van der Waals surface area contributed by atoms with Crippen molar-refractivity contribution in [2.75, 3.05) is 33.8 Å². The van der Waals surface area contributed by atoms with Gasteiger partial charge in [0.2, 0.25) is 0 Å². The fourth-order valence-corrected chi connectivity index (χ4v) is 2.54. The first-order valence-corrected chi connectivity index (χ1v) is 8.68. The molecule has 0 radical (unpaired) electrons. The molecule has 0 rings (SSSR count). The number of unbranched alkanes of at least 4 members (excludes halogenated alkanes) is 8. The van der Waals surface area contributed by atoms with Crippen molar-refractivity contribution in [1.82, 2.24) is 0 Å². The van der Waals surface area contributed by atoms with E-state index in [-0.39, 0.29) is 12.5 Å². The number of carbonyl (C=O) groups is 2. The van der Waals surface area contributed by atoms with Crippen LogP contribution in [-0.2, 0) is 14.3 Å². The van der Waals surface area contributed by atoms with Gasteiger partial charge in [-0.25, -0.2) is 4.79 Å². The van der Waals surface area contributed by atoms with Gasteiger partial charge in [-0.05, 0) is 19.3 Å². The zero-order chi connectivity index (χ0) is 17.6. The third-order valence-electron chi connectivity index (χ3n) is 3.88. The van der Waals surface area contributed by atoms with Crippen LogP contribution in [0, 0.1) is 0 Å². The summed E-state index contributed by atoms with van der Waals surface area (Å²) >= 11 is 0. The molecule has 0 N–H and O–H groups in total. The molecule has 0 aliphatic rings. The fourth-order valence-electron chi connectivity index (χ4n) is 2.54. The largest absolute Gasteiger partial charge is 0.544 e. The van der Waals surface area contributed by atoms with Gasteiger partial charge in [0.25, 0.3) is 0 Å². The van der Waals surface area contributed by atoms with Gasteiger partial charge in [0, 0.05) is 6.08 Å². The lowest BCUT2D eigenvalue weighted by Crippen LogP contribution is -2.48. The molecule has 0 aliphatic carbocycles. The second-order valence-electron chi connectivity index (χ2n) is 6.74. The van der Waals surface area contributed by atoms with Gasteiger partial charge in [-0.1, -0.05) is 45.1 Å². The standard InChI is InChI=1S/C18H33NO4/c1-4-18(22)23-15-13-11-9-7-5-6-8-10-12-14-19(2,3)16-17(20)21/h4H,1,5-16H2,2-3H3. The van der Waals surface area contributed by atoms with Gasteiger partial charge in [0.05, 0.1) is 33.2 Å².